The Morgan fingerprint density at radius 2 is 1.22 bits per heavy atom. The highest BCUT2D eigenvalue weighted by molar-refractivity contribution is 5.96. The van der Waals surface area contributed by atoms with Gasteiger partial charge in [0.1, 0.15) is 36.0 Å². The van der Waals surface area contributed by atoms with Crippen LogP contribution >= 0.6 is 0 Å². The third-order valence-electron chi connectivity index (χ3n) is 8.00. The third-order valence-corrected chi connectivity index (χ3v) is 8.00. The molecule has 0 spiro atoms. The first-order valence-corrected chi connectivity index (χ1v) is 17.1. The summed E-state index contributed by atoms with van der Waals surface area (Å²) >= 11 is 0. The Morgan fingerprint density at radius 3 is 1.75 bits per heavy atom. The number of phenols is 1. The average molecular weight is 721 g/mol. The Morgan fingerprint density at radius 1 is 0.686 bits per heavy atom. The molecule has 0 radical (unpaired) electrons. The molecule has 0 aliphatic rings. The number of phenolic OH excluding ortho intramolecular Hbond substituents is 1. The van der Waals surface area contributed by atoms with Crippen molar-refractivity contribution in [2.45, 2.75) is 116 Å². The van der Waals surface area contributed by atoms with Gasteiger partial charge in [-0.3, -0.25) is 28.8 Å². The molecule has 13 N–H and O–H groups in total. The second kappa shape index (κ2) is 22.1. The summed E-state index contributed by atoms with van der Waals surface area (Å²) in [5.41, 5.74) is 17.3. The standard InChI is InChI=1S/C34H56N8O9/c1-18(2)16-25(42-33(49)28(37)19(3)4)31(47)38-20(5)29(45)39-23(13-14-27(36)44)30(46)41-26(17-21-9-11-22(43)12-10-21)32(48)40-24(34(50)51)8-6-7-15-35/h9-12,18-20,23-26,28,43H,6-8,13-17,35,37H2,1-5H3,(H2,36,44)(H,38,47)(H,39,45)(H,40,48)(H,41,46)(H,42,49)(H,50,51)/t20-,23-,24-,25-,26-,28-/m0/s1. The van der Waals surface area contributed by atoms with Crippen LogP contribution in [0.25, 0.3) is 0 Å². The van der Waals surface area contributed by atoms with E-state index >= 15 is 0 Å². The topological polar surface area (TPSA) is 298 Å². The average Bonchev–Trinajstić information content (AvgIpc) is 3.05. The van der Waals surface area contributed by atoms with E-state index in [0.717, 1.165) is 0 Å². The number of unbranched alkanes of at least 4 members (excludes halogenated alkanes) is 1. The van der Waals surface area contributed by atoms with Gasteiger partial charge in [-0.25, -0.2) is 4.79 Å². The predicted octanol–water partition coefficient (Wildman–Crippen LogP) is -1.11. The number of aliphatic carboxylic acids is 1. The van der Waals surface area contributed by atoms with Gasteiger partial charge in [0.15, 0.2) is 0 Å². The number of nitrogens with two attached hydrogens (primary N) is 3. The number of amides is 6. The number of carboxylic acid groups (broad SMARTS) is 1. The van der Waals surface area contributed by atoms with Crippen molar-refractivity contribution in [1.82, 2.24) is 26.6 Å². The maximum atomic E-state index is 13.6. The van der Waals surface area contributed by atoms with E-state index in [1.54, 1.807) is 13.8 Å². The zero-order valence-corrected chi connectivity index (χ0v) is 30.1. The van der Waals surface area contributed by atoms with Gasteiger partial charge in [-0.15, -0.1) is 0 Å². The Hall–Kier alpha value is -4.77. The maximum Gasteiger partial charge on any atom is 0.326 e. The molecule has 1 aromatic carbocycles. The van der Waals surface area contributed by atoms with Crippen LogP contribution in [-0.4, -0.2) is 94.4 Å². The van der Waals surface area contributed by atoms with E-state index in [-0.39, 0.29) is 49.7 Å². The number of nitrogens with one attached hydrogen (secondary N) is 5. The summed E-state index contributed by atoms with van der Waals surface area (Å²) in [7, 11) is 0. The molecule has 1 rings (SSSR count). The van der Waals surface area contributed by atoms with Crippen LogP contribution in [0.2, 0.25) is 0 Å². The highest BCUT2D eigenvalue weighted by Crippen LogP contribution is 2.13. The van der Waals surface area contributed by atoms with Crippen LogP contribution < -0.4 is 43.8 Å². The molecule has 0 aromatic heterocycles. The van der Waals surface area contributed by atoms with Crippen LogP contribution in [0.3, 0.4) is 0 Å². The number of carbonyl (C=O) groups is 7. The molecule has 0 bridgehead atoms. The van der Waals surface area contributed by atoms with Gasteiger partial charge >= 0.3 is 5.97 Å². The van der Waals surface area contributed by atoms with Gasteiger partial charge in [0.05, 0.1) is 6.04 Å². The molecular weight excluding hydrogens is 664 g/mol. The Kier molecular flexibility index (Phi) is 19.2. The van der Waals surface area contributed by atoms with Gasteiger partial charge in [-0.2, -0.15) is 0 Å². The first kappa shape index (κ1) is 44.3. The number of rotatable bonds is 23. The molecule has 51 heavy (non-hydrogen) atoms. The molecule has 0 aliphatic heterocycles. The molecule has 0 unspecified atom stereocenters. The lowest BCUT2D eigenvalue weighted by molar-refractivity contribution is -0.142. The van der Waals surface area contributed by atoms with Gasteiger partial charge in [0, 0.05) is 12.8 Å². The number of primary amides is 1. The van der Waals surface area contributed by atoms with Crippen molar-refractivity contribution in [1.29, 1.82) is 0 Å². The van der Waals surface area contributed by atoms with Crippen molar-refractivity contribution in [3.05, 3.63) is 29.8 Å². The molecule has 0 fully saturated rings. The van der Waals surface area contributed by atoms with E-state index in [4.69, 9.17) is 17.2 Å². The SMILES string of the molecule is CC(C)C[C@H](NC(=O)[C@@H](N)C(C)C)C(=O)N[C@@H](C)C(=O)N[C@@H](CCC(N)=O)C(=O)N[C@@H](Cc1ccc(O)cc1)C(=O)N[C@@H](CCCCN)C(=O)O. The molecule has 17 nitrogen and oxygen atoms in total. The lowest BCUT2D eigenvalue weighted by Crippen LogP contribution is -2.59. The summed E-state index contributed by atoms with van der Waals surface area (Å²) in [5.74, 6) is -5.99. The molecule has 0 saturated carbocycles. The lowest BCUT2D eigenvalue weighted by Gasteiger charge is -2.27. The molecule has 1 aromatic rings. The first-order valence-electron chi connectivity index (χ1n) is 17.1. The van der Waals surface area contributed by atoms with Gasteiger partial charge < -0.3 is 54.0 Å². The summed E-state index contributed by atoms with van der Waals surface area (Å²) in [6, 6.07) is -1.33. The minimum absolute atomic E-state index is 0.00854. The van der Waals surface area contributed by atoms with E-state index in [0.29, 0.717) is 24.9 Å². The van der Waals surface area contributed by atoms with Crippen molar-refractivity contribution < 1.29 is 43.8 Å². The van der Waals surface area contributed by atoms with E-state index < -0.39 is 77.7 Å². The molecule has 6 atom stereocenters. The van der Waals surface area contributed by atoms with Crippen molar-refractivity contribution >= 4 is 41.4 Å². The highest BCUT2D eigenvalue weighted by atomic mass is 16.4. The Balaban J connectivity index is 3.22. The molecule has 0 aliphatic carbocycles. The van der Waals surface area contributed by atoms with Crippen LogP contribution in [-0.2, 0) is 40.0 Å². The quantitative estimate of drug-likeness (QED) is 0.0605. The zero-order valence-electron chi connectivity index (χ0n) is 30.1. The molecule has 0 heterocycles. The first-order chi connectivity index (χ1) is 23.9. The fourth-order valence-electron chi connectivity index (χ4n) is 4.88. The van der Waals surface area contributed by atoms with Crippen molar-refractivity contribution in [3.63, 3.8) is 0 Å². The Bertz CT molecular complexity index is 1340. The largest absolute Gasteiger partial charge is 0.508 e. The highest BCUT2D eigenvalue weighted by Gasteiger charge is 2.32. The van der Waals surface area contributed by atoms with E-state index in [2.05, 4.69) is 26.6 Å². The fourth-order valence-corrected chi connectivity index (χ4v) is 4.88. The van der Waals surface area contributed by atoms with Crippen molar-refractivity contribution in [3.8, 4) is 5.75 Å². The van der Waals surface area contributed by atoms with Crippen LogP contribution in [0.1, 0.15) is 78.7 Å². The number of benzene rings is 1. The normalized spacial score (nSPS) is 14.7. The summed E-state index contributed by atoms with van der Waals surface area (Å²) in [4.78, 5) is 89.7. The second-order valence-corrected chi connectivity index (χ2v) is 13.4. The molecular formula is C34H56N8O9. The Labute approximate surface area is 298 Å². The smallest absolute Gasteiger partial charge is 0.326 e. The zero-order chi connectivity index (χ0) is 38.8. The van der Waals surface area contributed by atoms with Crippen LogP contribution in [0, 0.1) is 11.8 Å². The molecule has 6 amide bonds. The number of carbonyl (C=O) groups excluding carboxylic acids is 6. The van der Waals surface area contributed by atoms with Crippen molar-refractivity contribution in [2.24, 2.45) is 29.0 Å². The summed E-state index contributed by atoms with van der Waals surface area (Å²) in [6.07, 6.45) is 0.582. The van der Waals surface area contributed by atoms with Gasteiger partial charge in [0.2, 0.25) is 35.4 Å². The maximum absolute atomic E-state index is 13.6. The second-order valence-electron chi connectivity index (χ2n) is 13.4. The number of hydrogen-bond donors (Lipinski definition) is 10. The summed E-state index contributed by atoms with van der Waals surface area (Å²) in [5, 5.41) is 32.0. The van der Waals surface area contributed by atoms with E-state index in [9.17, 15) is 43.8 Å². The van der Waals surface area contributed by atoms with E-state index in [1.165, 1.54) is 31.2 Å². The van der Waals surface area contributed by atoms with Gasteiger partial charge in [-0.1, -0.05) is 39.8 Å². The molecule has 0 saturated heterocycles. The van der Waals surface area contributed by atoms with Crippen LogP contribution in [0.4, 0.5) is 0 Å². The molecule has 286 valence electrons. The van der Waals surface area contributed by atoms with Crippen molar-refractivity contribution in [2.75, 3.05) is 6.54 Å². The minimum Gasteiger partial charge on any atom is -0.508 e. The number of aromatic hydroxyl groups is 1. The van der Waals surface area contributed by atoms with Gasteiger partial charge in [-0.05, 0) is 75.1 Å². The number of hydrogen-bond acceptors (Lipinski definition) is 10. The fraction of sp³-hybridized carbons (Fsp3) is 0.618. The minimum atomic E-state index is -1.41. The van der Waals surface area contributed by atoms with E-state index in [1.807, 2.05) is 13.8 Å². The van der Waals surface area contributed by atoms with Crippen LogP contribution in [0.15, 0.2) is 24.3 Å². The predicted molar refractivity (Wildman–Crippen MR) is 188 cm³/mol. The van der Waals surface area contributed by atoms with Gasteiger partial charge in [0.25, 0.3) is 0 Å². The summed E-state index contributed by atoms with van der Waals surface area (Å²) in [6.45, 7) is 8.93. The summed E-state index contributed by atoms with van der Waals surface area (Å²) < 4.78 is 0. The molecule has 17 heteroatoms. The van der Waals surface area contributed by atoms with Crippen LogP contribution in [0.5, 0.6) is 5.75 Å². The number of carboxylic acids is 1. The lowest BCUT2D eigenvalue weighted by atomic mass is 10.00. The third kappa shape index (κ3) is 16.7. The monoisotopic (exact) mass is 720 g/mol.